The molecule has 1 unspecified atom stereocenters. The predicted octanol–water partition coefficient (Wildman–Crippen LogP) is 1.28. The van der Waals surface area contributed by atoms with Crippen LogP contribution in [0.15, 0.2) is 12.1 Å². The molecule has 2 aliphatic heterocycles. The van der Waals surface area contributed by atoms with Gasteiger partial charge in [0.15, 0.2) is 17.3 Å². The van der Waals surface area contributed by atoms with E-state index in [-0.39, 0.29) is 29.7 Å². The van der Waals surface area contributed by atoms with Gasteiger partial charge in [-0.3, -0.25) is 19.3 Å². The molecule has 0 spiro atoms. The van der Waals surface area contributed by atoms with Gasteiger partial charge in [-0.15, -0.1) is 0 Å². The molecule has 9 nitrogen and oxygen atoms in total. The molecule has 1 aromatic rings. The van der Waals surface area contributed by atoms with Crippen molar-refractivity contribution in [2.75, 3.05) is 18.7 Å². The van der Waals surface area contributed by atoms with Gasteiger partial charge in [0.25, 0.3) is 5.91 Å². The van der Waals surface area contributed by atoms with Crippen molar-refractivity contribution in [3.63, 3.8) is 0 Å². The molecule has 1 aromatic carbocycles. The minimum Gasteiger partial charge on any atom is -0.454 e. The minimum absolute atomic E-state index is 0.0340. The van der Waals surface area contributed by atoms with Crippen LogP contribution >= 0.6 is 0 Å². The topological polar surface area (TPSA) is 114 Å². The smallest absolute Gasteiger partial charge is 0.325 e. The first-order chi connectivity index (χ1) is 12.8. The summed E-state index contributed by atoms with van der Waals surface area (Å²) in [6.07, 6.45) is 1.75. The van der Waals surface area contributed by atoms with Crippen molar-refractivity contribution in [1.29, 1.82) is 0 Å². The van der Waals surface area contributed by atoms with Crippen LogP contribution in [-0.2, 0) is 9.59 Å². The Balaban J connectivity index is 1.51. The number of carbonyl (C=O) groups excluding carboxylic acids is 4. The van der Waals surface area contributed by atoms with E-state index in [1.54, 1.807) is 6.92 Å². The van der Waals surface area contributed by atoms with E-state index in [4.69, 9.17) is 9.47 Å². The van der Waals surface area contributed by atoms with Gasteiger partial charge in [-0.1, -0.05) is 0 Å². The van der Waals surface area contributed by atoms with Crippen molar-refractivity contribution in [3.8, 4) is 11.5 Å². The number of fused-ring (bicyclic) bond motifs is 1. The molecule has 3 aliphatic rings. The minimum atomic E-state index is -0.944. The molecule has 9 heteroatoms. The van der Waals surface area contributed by atoms with Gasteiger partial charge in [-0.05, 0) is 38.7 Å². The van der Waals surface area contributed by atoms with Crippen LogP contribution in [0.1, 0.15) is 37.0 Å². The molecule has 142 valence electrons. The lowest BCUT2D eigenvalue weighted by Crippen LogP contribution is -2.46. The lowest BCUT2D eigenvalue weighted by Gasteiger charge is -2.20. The summed E-state index contributed by atoms with van der Waals surface area (Å²) in [5.41, 5.74) is -0.443. The van der Waals surface area contributed by atoms with Gasteiger partial charge in [-0.25, -0.2) is 4.79 Å². The van der Waals surface area contributed by atoms with E-state index in [0.717, 1.165) is 17.7 Å². The Morgan fingerprint density at radius 1 is 1.26 bits per heavy atom. The van der Waals surface area contributed by atoms with Crippen LogP contribution in [0.2, 0.25) is 0 Å². The fourth-order valence-electron chi connectivity index (χ4n) is 3.47. The van der Waals surface area contributed by atoms with E-state index in [1.165, 1.54) is 19.1 Å². The molecule has 4 amide bonds. The third-order valence-electron chi connectivity index (χ3n) is 5.16. The number of rotatable bonds is 5. The zero-order valence-corrected chi connectivity index (χ0v) is 15.0. The van der Waals surface area contributed by atoms with E-state index < -0.39 is 29.9 Å². The van der Waals surface area contributed by atoms with Gasteiger partial charge in [0.2, 0.25) is 12.7 Å². The Hall–Kier alpha value is -3.10. The molecule has 2 N–H and O–H groups in total. The highest BCUT2D eigenvalue weighted by Gasteiger charge is 2.56. The molecule has 1 atom stereocenters. The highest BCUT2D eigenvalue weighted by atomic mass is 16.7. The molecule has 0 bridgehead atoms. The number of ether oxygens (including phenoxy) is 2. The monoisotopic (exact) mass is 373 g/mol. The van der Waals surface area contributed by atoms with Gasteiger partial charge in [0.05, 0.1) is 5.69 Å². The fourth-order valence-corrected chi connectivity index (χ4v) is 3.47. The third kappa shape index (κ3) is 2.88. The Morgan fingerprint density at radius 3 is 2.56 bits per heavy atom. The van der Waals surface area contributed by atoms with Crippen LogP contribution in [0, 0.1) is 5.92 Å². The van der Waals surface area contributed by atoms with E-state index in [1.807, 2.05) is 0 Å². The number of urea groups is 1. The quantitative estimate of drug-likeness (QED) is 0.594. The van der Waals surface area contributed by atoms with Crippen molar-refractivity contribution in [1.82, 2.24) is 10.2 Å². The van der Waals surface area contributed by atoms with Crippen LogP contribution < -0.4 is 20.1 Å². The van der Waals surface area contributed by atoms with Crippen molar-refractivity contribution in [2.45, 2.75) is 32.2 Å². The van der Waals surface area contributed by atoms with Crippen LogP contribution in [0.3, 0.4) is 0 Å². The first-order valence-electron chi connectivity index (χ1n) is 8.68. The molecule has 1 aliphatic carbocycles. The summed E-state index contributed by atoms with van der Waals surface area (Å²) in [5, 5.41) is 5.28. The number of anilines is 1. The molecule has 1 saturated carbocycles. The molecule has 0 radical (unpaired) electrons. The van der Waals surface area contributed by atoms with Gasteiger partial charge >= 0.3 is 6.03 Å². The number of hydrogen-bond acceptors (Lipinski definition) is 6. The lowest BCUT2D eigenvalue weighted by molar-refractivity contribution is -0.134. The predicted molar refractivity (Wildman–Crippen MR) is 92.6 cm³/mol. The number of benzene rings is 1. The average Bonchev–Trinajstić information content (AvgIpc) is 3.33. The number of amides is 4. The number of nitrogens with zero attached hydrogens (tertiary/aromatic N) is 1. The average molecular weight is 373 g/mol. The number of carbonyl (C=O) groups is 4. The van der Waals surface area contributed by atoms with Crippen LogP contribution in [0.25, 0.3) is 0 Å². The summed E-state index contributed by atoms with van der Waals surface area (Å²) in [4.78, 5) is 50.0. The summed E-state index contributed by atoms with van der Waals surface area (Å²) in [6, 6.07) is 2.41. The maximum Gasteiger partial charge on any atom is 0.325 e. The zero-order chi connectivity index (χ0) is 19.3. The van der Waals surface area contributed by atoms with Crippen molar-refractivity contribution >= 4 is 29.3 Å². The van der Waals surface area contributed by atoms with Gasteiger partial charge in [-0.2, -0.15) is 0 Å². The highest BCUT2D eigenvalue weighted by molar-refractivity contribution is 6.11. The lowest BCUT2D eigenvalue weighted by atomic mass is 9.96. The van der Waals surface area contributed by atoms with E-state index >= 15 is 0 Å². The zero-order valence-electron chi connectivity index (χ0n) is 15.0. The summed E-state index contributed by atoms with van der Waals surface area (Å²) in [5.74, 6) is -0.304. The molecule has 27 heavy (non-hydrogen) atoms. The maximum absolute atomic E-state index is 12.6. The Bertz CT molecular complexity index is 878. The van der Waals surface area contributed by atoms with Crippen LogP contribution in [-0.4, -0.2) is 47.4 Å². The van der Waals surface area contributed by atoms with Crippen molar-refractivity contribution in [2.24, 2.45) is 5.92 Å². The third-order valence-corrected chi connectivity index (χ3v) is 5.16. The summed E-state index contributed by atoms with van der Waals surface area (Å²) >= 11 is 0. The van der Waals surface area contributed by atoms with Crippen molar-refractivity contribution in [3.05, 3.63) is 17.7 Å². The Labute approximate surface area is 155 Å². The summed E-state index contributed by atoms with van der Waals surface area (Å²) < 4.78 is 10.5. The summed E-state index contributed by atoms with van der Waals surface area (Å²) in [6.45, 7) is 2.66. The van der Waals surface area contributed by atoms with Gasteiger partial charge in [0, 0.05) is 11.6 Å². The van der Waals surface area contributed by atoms with Crippen LogP contribution in [0.4, 0.5) is 10.5 Å². The second kappa shape index (κ2) is 5.97. The largest absolute Gasteiger partial charge is 0.454 e. The molecule has 1 saturated heterocycles. The molecule has 0 aromatic heterocycles. The Morgan fingerprint density at radius 2 is 1.93 bits per heavy atom. The number of imide groups is 1. The summed E-state index contributed by atoms with van der Waals surface area (Å²) in [7, 11) is 0. The van der Waals surface area contributed by atoms with Gasteiger partial charge < -0.3 is 20.1 Å². The molecule has 2 heterocycles. The van der Waals surface area contributed by atoms with E-state index in [0.29, 0.717) is 11.5 Å². The number of Topliss-reactive ketones (excluding diaryl/α,β-unsaturated/α-hetero) is 1. The number of hydrogen-bond donors (Lipinski definition) is 2. The molecular weight excluding hydrogens is 354 g/mol. The fraction of sp³-hybridized carbons (Fsp3) is 0.444. The first-order valence-corrected chi connectivity index (χ1v) is 8.68. The normalized spacial score (nSPS) is 23.4. The van der Waals surface area contributed by atoms with Crippen molar-refractivity contribution < 1.29 is 28.7 Å². The number of nitrogens with one attached hydrogen (secondary N) is 2. The maximum atomic E-state index is 12.6. The second-order valence-corrected chi connectivity index (χ2v) is 7.15. The highest BCUT2D eigenvalue weighted by Crippen LogP contribution is 2.42. The SMILES string of the molecule is CC(=O)c1cc2c(cc1NC(=O)CN1C(=O)NC(C)(C3CC3)C1=O)OCO2. The van der Waals surface area contributed by atoms with Crippen LogP contribution in [0.5, 0.6) is 11.5 Å². The molecule has 2 fully saturated rings. The number of ketones is 1. The second-order valence-electron chi connectivity index (χ2n) is 7.15. The van der Waals surface area contributed by atoms with E-state index in [2.05, 4.69) is 10.6 Å². The molecule has 4 rings (SSSR count). The molecular formula is C18H19N3O6. The van der Waals surface area contributed by atoms with E-state index in [9.17, 15) is 19.2 Å². The first kappa shape index (κ1) is 17.3. The standard InChI is InChI=1S/C18H19N3O6/c1-9(22)11-5-13-14(27-8-26-13)6-12(11)19-15(23)7-21-16(24)18(2,10-3-4-10)20-17(21)25/h5-6,10H,3-4,7-8H2,1-2H3,(H,19,23)(H,20,25). The Kier molecular flexibility index (Phi) is 3.83. The van der Waals surface area contributed by atoms with Gasteiger partial charge in [0.1, 0.15) is 12.1 Å².